The molecule has 0 aromatic heterocycles. The van der Waals surface area contributed by atoms with E-state index in [1.165, 1.54) is 18.1 Å². The average molecular weight is 238 g/mol. The molecule has 0 amide bonds. The Morgan fingerprint density at radius 3 is 2.35 bits per heavy atom. The summed E-state index contributed by atoms with van der Waals surface area (Å²) in [5.41, 5.74) is 2.84. The van der Waals surface area contributed by atoms with Crippen molar-refractivity contribution in [2.24, 2.45) is 0 Å². The molecule has 0 spiro atoms. The minimum atomic E-state index is -0.209. The minimum absolute atomic E-state index is 0.209. The quantitative estimate of drug-likeness (QED) is 0.462. The Morgan fingerprint density at radius 1 is 1.12 bits per heavy atom. The van der Waals surface area contributed by atoms with Gasteiger partial charge in [-0.05, 0) is 38.7 Å². The van der Waals surface area contributed by atoms with Gasteiger partial charge < -0.3 is 4.74 Å². The second kappa shape index (κ2) is 10.1. The third-order valence-electron chi connectivity index (χ3n) is 2.75. The highest BCUT2D eigenvalue weighted by Gasteiger charge is 1.97. The van der Waals surface area contributed by atoms with Gasteiger partial charge in [0.1, 0.15) is 6.61 Å². The number of hydrogen-bond donors (Lipinski definition) is 0. The van der Waals surface area contributed by atoms with Gasteiger partial charge in [0.15, 0.2) is 0 Å². The molecule has 0 aliphatic carbocycles. The van der Waals surface area contributed by atoms with Crippen molar-refractivity contribution >= 4 is 5.97 Å². The van der Waals surface area contributed by atoms with Crippen LogP contribution in [0.2, 0.25) is 0 Å². The van der Waals surface area contributed by atoms with Crippen LogP contribution in [-0.2, 0) is 9.53 Å². The zero-order valence-electron chi connectivity index (χ0n) is 11.7. The van der Waals surface area contributed by atoms with Crippen LogP contribution in [0.15, 0.2) is 23.3 Å². The molecule has 0 aromatic carbocycles. The Bertz CT molecular complexity index is 275. The van der Waals surface area contributed by atoms with E-state index in [0.717, 1.165) is 32.1 Å². The van der Waals surface area contributed by atoms with Gasteiger partial charge in [0.05, 0.1) is 0 Å². The van der Waals surface area contributed by atoms with E-state index in [1.54, 1.807) is 0 Å². The normalized spacial score (nSPS) is 12.7. The Morgan fingerprint density at radius 2 is 1.82 bits per heavy atom. The molecule has 0 unspecified atom stereocenters. The van der Waals surface area contributed by atoms with Crippen LogP contribution in [0.3, 0.4) is 0 Å². The molecule has 0 atom stereocenters. The third-order valence-corrected chi connectivity index (χ3v) is 2.75. The van der Waals surface area contributed by atoms with Crippen molar-refractivity contribution in [2.75, 3.05) is 6.61 Å². The van der Waals surface area contributed by atoms with Gasteiger partial charge in [0.2, 0.25) is 0 Å². The second-order valence-corrected chi connectivity index (χ2v) is 4.36. The average Bonchev–Trinajstić information content (AvgIpc) is 2.28. The molecule has 98 valence electrons. The third kappa shape index (κ3) is 9.86. The fourth-order valence-electron chi connectivity index (χ4n) is 1.58. The fraction of sp³-hybridized carbons (Fsp3) is 0.667. The van der Waals surface area contributed by atoms with Crippen molar-refractivity contribution in [3.63, 3.8) is 0 Å². The highest BCUT2D eigenvalue weighted by molar-refractivity contribution is 5.66. The zero-order valence-corrected chi connectivity index (χ0v) is 11.7. The summed E-state index contributed by atoms with van der Waals surface area (Å²) in [6.45, 7) is 8.38. The van der Waals surface area contributed by atoms with Gasteiger partial charge in [-0.15, -0.1) is 0 Å². The summed E-state index contributed by atoms with van der Waals surface area (Å²) in [6.07, 6.45) is 9.89. The van der Waals surface area contributed by atoms with Crippen LogP contribution in [-0.4, -0.2) is 12.6 Å². The fourth-order valence-corrected chi connectivity index (χ4v) is 1.58. The first-order valence-electron chi connectivity index (χ1n) is 6.57. The summed E-state index contributed by atoms with van der Waals surface area (Å²) in [6, 6.07) is 0. The van der Waals surface area contributed by atoms with Gasteiger partial charge >= 0.3 is 5.97 Å². The maximum Gasteiger partial charge on any atom is 0.302 e. The van der Waals surface area contributed by atoms with Crippen LogP contribution < -0.4 is 0 Å². The second-order valence-electron chi connectivity index (χ2n) is 4.36. The minimum Gasteiger partial charge on any atom is -0.462 e. The number of esters is 1. The van der Waals surface area contributed by atoms with Crippen molar-refractivity contribution in [3.8, 4) is 0 Å². The maximum absolute atomic E-state index is 10.7. The molecule has 0 radical (unpaired) electrons. The first-order chi connectivity index (χ1) is 8.10. The Labute approximate surface area is 106 Å². The van der Waals surface area contributed by atoms with E-state index in [0.29, 0.717) is 6.61 Å². The molecule has 2 nitrogen and oxygen atoms in total. The molecule has 0 rings (SSSR count). The van der Waals surface area contributed by atoms with Crippen LogP contribution >= 0.6 is 0 Å². The molecular weight excluding hydrogens is 212 g/mol. The lowest BCUT2D eigenvalue weighted by Crippen LogP contribution is -1.99. The summed E-state index contributed by atoms with van der Waals surface area (Å²) < 4.78 is 4.94. The van der Waals surface area contributed by atoms with Gasteiger partial charge in [0, 0.05) is 6.92 Å². The van der Waals surface area contributed by atoms with E-state index in [2.05, 4.69) is 32.9 Å². The van der Waals surface area contributed by atoms with Crippen LogP contribution in [0, 0.1) is 0 Å². The van der Waals surface area contributed by atoms with E-state index in [1.807, 2.05) is 0 Å². The Hall–Kier alpha value is -1.05. The van der Waals surface area contributed by atoms with Gasteiger partial charge in [0.25, 0.3) is 0 Å². The predicted molar refractivity (Wildman–Crippen MR) is 72.9 cm³/mol. The Kier molecular flexibility index (Phi) is 9.50. The molecular formula is C15H26O2. The topological polar surface area (TPSA) is 26.3 Å². The largest absolute Gasteiger partial charge is 0.462 e. The van der Waals surface area contributed by atoms with Crippen LogP contribution in [0.1, 0.15) is 59.8 Å². The Balaban J connectivity index is 4.09. The molecule has 0 bridgehead atoms. The number of hydrogen-bond acceptors (Lipinski definition) is 2. The molecule has 0 N–H and O–H groups in total. The van der Waals surface area contributed by atoms with Crippen molar-refractivity contribution < 1.29 is 9.53 Å². The monoisotopic (exact) mass is 238 g/mol. The van der Waals surface area contributed by atoms with Gasteiger partial charge in [-0.25, -0.2) is 0 Å². The summed E-state index contributed by atoms with van der Waals surface area (Å²) in [7, 11) is 0. The first kappa shape index (κ1) is 16.0. The number of carbonyl (C=O) groups excluding carboxylic acids is 1. The van der Waals surface area contributed by atoms with E-state index in [-0.39, 0.29) is 5.97 Å². The molecule has 0 saturated carbocycles. The molecule has 2 heteroatoms. The maximum atomic E-state index is 10.7. The first-order valence-corrected chi connectivity index (χ1v) is 6.57. The molecule has 0 fully saturated rings. The summed E-state index contributed by atoms with van der Waals surface area (Å²) >= 11 is 0. The van der Waals surface area contributed by atoms with Crippen LogP contribution in [0.4, 0.5) is 0 Å². The highest BCUT2D eigenvalue weighted by Crippen LogP contribution is 2.14. The van der Waals surface area contributed by atoms with E-state index in [9.17, 15) is 4.79 Å². The lowest BCUT2D eigenvalue weighted by molar-refractivity contribution is -0.139. The number of carbonyl (C=O) groups is 1. The predicted octanol–water partition coefficient (Wildman–Crippen LogP) is 4.41. The van der Waals surface area contributed by atoms with E-state index >= 15 is 0 Å². The van der Waals surface area contributed by atoms with Crippen molar-refractivity contribution in [3.05, 3.63) is 23.3 Å². The van der Waals surface area contributed by atoms with E-state index in [4.69, 9.17) is 4.74 Å². The molecule has 0 aromatic rings. The number of rotatable bonds is 8. The molecule has 0 aliphatic heterocycles. The lowest BCUT2D eigenvalue weighted by Gasteiger charge is -2.05. The molecule has 0 saturated heterocycles. The summed E-state index contributed by atoms with van der Waals surface area (Å²) in [5, 5.41) is 0. The highest BCUT2D eigenvalue weighted by atomic mass is 16.5. The molecule has 17 heavy (non-hydrogen) atoms. The molecule has 0 aliphatic rings. The van der Waals surface area contributed by atoms with Gasteiger partial charge in [-0.2, -0.15) is 0 Å². The van der Waals surface area contributed by atoms with Crippen LogP contribution in [0.5, 0.6) is 0 Å². The number of ether oxygens (including phenoxy) is 1. The van der Waals surface area contributed by atoms with Crippen molar-refractivity contribution in [1.82, 2.24) is 0 Å². The van der Waals surface area contributed by atoms with E-state index < -0.39 is 0 Å². The number of allylic oxidation sites excluding steroid dienone is 3. The molecule has 0 heterocycles. The standard InChI is InChI=1S/C15H26O2/c1-5-8-15(11-12-17-14(4)16)10-7-9-13(3)6-2/h9,11H,5-8,10,12H2,1-4H3/b13-9+,15-11?. The lowest BCUT2D eigenvalue weighted by atomic mass is 10.0. The summed E-state index contributed by atoms with van der Waals surface area (Å²) in [4.78, 5) is 10.7. The van der Waals surface area contributed by atoms with Crippen LogP contribution in [0.25, 0.3) is 0 Å². The zero-order chi connectivity index (χ0) is 13.1. The van der Waals surface area contributed by atoms with Crippen molar-refractivity contribution in [2.45, 2.75) is 59.8 Å². The summed E-state index contributed by atoms with van der Waals surface area (Å²) in [5.74, 6) is -0.209. The SMILES string of the molecule is CCCC(=CCOC(C)=O)CC/C=C(\C)CC. The smallest absolute Gasteiger partial charge is 0.302 e. The van der Waals surface area contributed by atoms with Crippen molar-refractivity contribution in [1.29, 1.82) is 0 Å². The van der Waals surface area contributed by atoms with Gasteiger partial charge in [-0.3, -0.25) is 4.79 Å². The van der Waals surface area contributed by atoms with Gasteiger partial charge in [-0.1, -0.05) is 37.5 Å².